The second-order valence-electron chi connectivity index (χ2n) is 3.18. The number of carbonyl (C=O) groups is 2. The molecule has 0 saturated heterocycles. The standard InChI is InChI=1S/C9H13N3O3S/c1-3-12(4-6(13)14)8(15)7-5(2)11-9(10)16-7/h3-4H2,1-2H3,(H2,10,11)(H,13,14). The van der Waals surface area contributed by atoms with Gasteiger partial charge in [0.15, 0.2) is 5.13 Å². The summed E-state index contributed by atoms with van der Waals surface area (Å²) in [5, 5.41) is 8.97. The second-order valence-corrected chi connectivity index (χ2v) is 4.21. The fraction of sp³-hybridized carbons (Fsp3) is 0.444. The summed E-state index contributed by atoms with van der Waals surface area (Å²) in [6, 6.07) is 0. The quantitative estimate of drug-likeness (QED) is 0.806. The molecule has 1 aromatic heterocycles. The van der Waals surface area contributed by atoms with E-state index in [9.17, 15) is 9.59 Å². The minimum atomic E-state index is -1.04. The molecular formula is C9H13N3O3S. The molecule has 0 bridgehead atoms. The molecule has 0 spiro atoms. The molecule has 1 rings (SSSR count). The number of aromatic nitrogens is 1. The maximum Gasteiger partial charge on any atom is 0.323 e. The van der Waals surface area contributed by atoms with Crippen LogP contribution in [-0.4, -0.2) is 40.0 Å². The molecule has 0 aliphatic rings. The van der Waals surface area contributed by atoms with Crippen LogP contribution in [0.1, 0.15) is 22.3 Å². The molecule has 88 valence electrons. The lowest BCUT2D eigenvalue weighted by atomic mass is 10.3. The third kappa shape index (κ3) is 2.69. The van der Waals surface area contributed by atoms with E-state index in [1.54, 1.807) is 13.8 Å². The van der Waals surface area contributed by atoms with Crippen LogP contribution < -0.4 is 5.73 Å². The molecule has 1 heterocycles. The number of nitrogen functional groups attached to an aromatic ring is 1. The molecule has 0 fully saturated rings. The van der Waals surface area contributed by atoms with Crippen LogP contribution in [0.25, 0.3) is 0 Å². The predicted molar refractivity (Wildman–Crippen MR) is 60.5 cm³/mol. The zero-order valence-electron chi connectivity index (χ0n) is 9.06. The Balaban J connectivity index is 2.91. The lowest BCUT2D eigenvalue weighted by Crippen LogP contribution is -2.35. The largest absolute Gasteiger partial charge is 0.480 e. The highest BCUT2D eigenvalue weighted by Gasteiger charge is 2.21. The fourth-order valence-electron chi connectivity index (χ4n) is 1.25. The minimum Gasteiger partial charge on any atom is -0.480 e. The van der Waals surface area contributed by atoms with E-state index in [4.69, 9.17) is 10.8 Å². The molecule has 6 nitrogen and oxygen atoms in total. The molecule has 1 amide bonds. The van der Waals surface area contributed by atoms with Crippen LogP contribution in [0.3, 0.4) is 0 Å². The Morgan fingerprint density at radius 1 is 1.56 bits per heavy atom. The predicted octanol–water partition coefficient (Wildman–Crippen LogP) is 0.580. The highest BCUT2D eigenvalue weighted by Crippen LogP contribution is 2.21. The molecule has 0 saturated carbocycles. The molecule has 3 N–H and O–H groups in total. The van der Waals surface area contributed by atoms with Gasteiger partial charge in [-0.3, -0.25) is 9.59 Å². The number of nitrogens with two attached hydrogens (primary N) is 1. The van der Waals surface area contributed by atoms with Crippen molar-refractivity contribution in [1.82, 2.24) is 9.88 Å². The molecule has 0 aliphatic heterocycles. The zero-order chi connectivity index (χ0) is 12.3. The Hall–Kier alpha value is -1.63. The normalized spacial score (nSPS) is 10.1. The highest BCUT2D eigenvalue weighted by molar-refractivity contribution is 7.17. The summed E-state index contributed by atoms with van der Waals surface area (Å²) >= 11 is 1.08. The number of amides is 1. The van der Waals surface area contributed by atoms with Gasteiger partial charge in [0.25, 0.3) is 5.91 Å². The summed E-state index contributed by atoms with van der Waals surface area (Å²) in [7, 11) is 0. The van der Waals surface area contributed by atoms with Gasteiger partial charge in [0, 0.05) is 6.54 Å². The van der Waals surface area contributed by atoms with Gasteiger partial charge >= 0.3 is 5.97 Å². The van der Waals surface area contributed by atoms with Crippen molar-refractivity contribution in [2.24, 2.45) is 0 Å². The van der Waals surface area contributed by atoms with Crippen molar-refractivity contribution in [3.05, 3.63) is 10.6 Å². The number of nitrogens with zero attached hydrogens (tertiary/aromatic N) is 2. The van der Waals surface area contributed by atoms with E-state index in [2.05, 4.69) is 4.98 Å². The second kappa shape index (κ2) is 4.93. The maximum absolute atomic E-state index is 11.9. The number of carbonyl (C=O) groups excluding carboxylic acids is 1. The van der Waals surface area contributed by atoms with Crippen molar-refractivity contribution < 1.29 is 14.7 Å². The van der Waals surface area contributed by atoms with Crippen LogP contribution in [-0.2, 0) is 4.79 Å². The third-order valence-electron chi connectivity index (χ3n) is 2.00. The zero-order valence-corrected chi connectivity index (χ0v) is 9.87. The minimum absolute atomic E-state index is 0.312. The van der Waals surface area contributed by atoms with Gasteiger partial charge in [-0.2, -0.15) is 0 Å². The van der Waals surface area contributed by atoms with Crippen LogP contribution >= 0.6 is 11.3 Å². The van der Waals surface area contributed by atoms with Crippen LogP contribution in [0, 0.1) is 6.92 Å². The van der Waals surface area contributed by atoms with E-state index in [1.807, 2.05) is 0 Å². The van der Waals surface area contributed by atoms with Crippen LogP contribution in [0.2, 0.25) is 0 Å². The molecule has 1 aromatic rings. The van der Waals surface area contributed by atoms with Crippen molar-refractivity contribution in [3.8, 4) is 0 Å². The number of thiazole rings is 1. The van der Waals surface area contributed by atoms with E-state index in [-0.39, 0.29) is 12.5 Å². The third-order valence-corrected chi connectivity index (χ3v) is 2.98. The number of hydrogen-bond acceptors (Lipinski definition) is 5. The summed E-state index contributed by atoms with van der Waals surface area (Å²) < 4.78 is 0. The highest BCUT2D eigenvalue weighted by atomic mass is 32.1. The number of hydrogen-bond donors (Lipinski definition) is 2. The lowest BCUT2D eigenvalue weighted by Gasteiger charge is -2.17. The number of carboxylic acids is 1. The van der Waals surface area contributed by atoms with Gasteiger partial charge in [-0.15, -0.1) is 0 Å². The van der Waals surface area contributed by atoms with E-state index < -0.39 is 5.97 Å². The Morgan fingerprint density at radius 2 is 2.19 bits per heavy atom. The smallest absolute Gasteiger partial charge is 0.323 e. The van der Waals surface area contributed by atoms with Crippen molar-refractivity contribution >= 4 is 28.3 Å². The SMILES string of the molecule is CCN(CC(=O)O)C(=O)c1sc(N)nc1C. The summed E-state index contributed by atoms with van der Waals surface area (Å²) in [5.74, 6) is -1.37. The Bertz CT molecular complexity index is 416. The summed E-state index contributed by atoms with van der Waals surface area (Å²) in [4.78, 5) is 28.1. The van der Waals surface area contributed by atoms with E-state index in [1.165, 1.54) is 4.90 Å². The van der Waals surface area contributed by atoms with Gasteiger partial charge in [-0.1, -0.05) is 11.3 Å². The number of carboxylic acid groups (broad SMARTS) is 1. The molecule has 0 atom stereocenters. The Morgan fingerprint density at radius 3 is 2.56 bits per heavy atom. The Kier molecular flexibility index (Phi) is 3.83. The molecule has 0 radical (unpaired) electrons. The lowest BCUT2D eigenvalue weighted by molar-refractivity contribution is -0.137. The summed E-state index contributed by atoms with van der Waals surface area (Å²) in [6.07, 6.45) is 0. The Labute approximate surface area is 96.7 Å². The fourth-order valence-corrected chi connectivity index (χ4v) is 2.05. The van der Waals surface area contributed by atoms with Crippen LogP contribution in [0.5, 0.6) is 0 Å². The molecule has 0 aliphatic carbocycles. The van der Waals surface area contributed by atoms with Crippen molar-refractivity contribution in [2.45, 2.75) is 13.8 Å². The number of aryl methyl sites for hydroxylation is 1. The number of rotatable bonds is 4. The van der Waals surface area contributed by atoms with Crippen molar-refractivity contribution in [2.75, 3.05) is 18.8 Å². The van der Waals surface area contributed by atoms with Gasteiger partial charge < -0.3 is 15.7 Å². The number of likely N-dealkylation sites (N-methyl/N-ethyl adjacent to an activating group) is 1. The molecule has 0 unspecified atom stereocenters. The first-order valence-electron chi connectivity index (χ1n) is 4.69. The van der Waals surface area contributed by atoms with Crippen molar-refractivity contribution in [3.63, 3.8) is 0 Å². The van der Waals surface area contributed by atoms with Gasteiger partial charge in [0.05, 0.1) is 5.69 Å². The number of aliphatic carboxylic acids is 1. The first-order chi connectivity index (χ1) is 7.45. The van der Waals surface area contributed by atoms with Gasteiger partial charge in [-0.05, 0) is 13.8 Å². The average molecular weight is 243 g/mol. The molecule has 7 heteroatoms. The van der Waals surface area contributed by atoms with Crippen molar-refractivity contribution in [1.29, 1.82) is 0 Å². The van der Waals surface area contributed by atoms with Gasteiger partial charge in [-0.25, -0.2) is 4.98 Å². The monoisotopic (exact) mass is 243 g/mol. The molecular weight excluding hydrogens is 230 g/mol. The summed E-state index contributed by atoms with van der Waals surface area (Å²) in [5.41, 5.74) is 6.02. The maximum atomic E-state index is 11.9. The number of anilines is 1. The first-order valence-corrected chi connectivity index (χ1v) is 5.51. The van der Waals surface area contributed by atoms with E-state index in [0.717, 1.165) is 11.3 Å². The van der Waals surface area contributed by atoms with Crippen LogP contribution in [0.15, 0.2) is 0 Å². The van der Waals surface area contributed by atoms with E-state index in [0.29, 0.717) is 22.2 Å². The van der Waals surface area contributed by atoms with Crippen LogP contribution in [0.4, 0.5) is 5.13 Å². The molecule has 16 heavy (non-hydrogen) atoms. The van der Waals surface area contributed by atoms with E-state index >= 15 is 0 Å². The van der Waals surface area contributed by atoms with Gasteiger partial charge in [0.2, 0.25) is 0 Å². The first kappa shape index (κ1) is 12.4. The topological polar surface area (TPSA) is 96.5 Å². The average Bonchev–Trinajstić information content (AvgIpc) is 2.53. The summed E-state index contributed by atoms with van der Waals surface area (Å²) in [6.45, 7) is 3.42. The van der Waals surface area contributed by atoms with Gasteiger partial charge in [0.1, 0.15) is 11.4 Å². The molecule has 0 aromatic carbocycles.